The van der Waals surface area contributed by atoms with Gasteiger partial charge >= 0.3 is 11.9 Å². The van der Waals surface area contributed by atoms with E-state index in [1.807, 2.05) is 6.08 Å². The zero-order chi connectivity index (χ0) is 30.9. The molecular weight excluding hydrogens is 540 g/mol. The molecule has 0 amide bonds. The van der Waals surface area contributed by atoms with Crippen molar-refractivity contribution in [2.75, 3.05) is 6.61 Å². The second kappa shape index (κ2) is 13.2. The number of ether oxygens (including phenoxy) is 4. The summed E-state index contributed by atoms with van der Waals surface area (Å²) >= 11 is 0. The van der Waals surface area contributed by atoms with Crippen molar-refractivity contribution in [1.82, 2.24) is 0 Å². The number of allylic oxidation sites excluding steroid dienone is 3. The van der Waals surface area contributed by atoms with Crippen molar-refractivity contribution >= 4 is 11.9 Å². The highest BCUT2D eigenvalue weighted by atomic mass is 16.7. The van der Waals surface area contributed by atoms with Gasteiger partial charge in [0.05, 0.1) is 6.10 Å². The van der Waals surface area contributed by atoms with Crippen LogP contribution >= 0.6 is 0 Å². The van der Waals surface area contributed by atoms with Crippen LogP contribution < -0.4 is 0 Å². The summed E-state index contributed by atoms with van der Waals surface area (Å²) in [5, 5.41) is 0. The summed E-state index contributed by atoms with van der Waals surface area (Å²) in [5.41, 5.74) is 3.94. The van der Waals surface area contributed by atoms with Gasteiger partial charge in [0.2, 0.25) is 0 Å². The predicted octanol–water partition coefficient (Wildman–Crippen LogP) is 8.11. The van der Waals surface area contributed by atoms with Crippen LogP contribution in [0.15, 0.2) is 35.5 Å². The molecule has 3 fully saturated rings. The Hall–Kier alpha value is -1.92. The summed E-state index contributed by atoms with van der Waals surface area (Å²) in [6.07, 6.45) is 19.4. The molecule has 5 rings (SSSR count). The molecule has 1 aliphatic heterocycles. The molecule has 3 saturated carbocycles. The van der Waals surface area contributed by atoms with Crippen molar-refractivity contribution in [3.8, 4) is 0 Å². The average Bonchev–Trinajstić information content (AvgIpc) is 3.30. The highest BCUT2D eigenvalue weighted by molar-refractivity contribution is 5.66. The van der Waals surface area contributed by atoms with Crippen molar-refractivity contribution in [2.45, 2.75) is 137 Å². The summed E-state index contributed by atoms with van der Waals surface area (Å²) in [4.78, 5) is 23.0. The van der Waals surface area contributed by atoms with Crippen LogP contribution in [0.5, 0.6) is 0 Å². The number of rotatable bonds is 9. The van der Waals surface area contributed by atoms with Crippen LogP contribution in [0.4, 0.5) is 0 Å². The zero-order valence-corrected chi connectivity index (χ0v) is 27.7. The normalized spacial score (nSPS) is 40.7. The number of esters is 2. The molecule has 43 heavy (non-hydrogen) atoms. The minimum atomic E-state index is -0.601. The van der Waals surface area contributed by atoms with Gasteiger partial charge in [0, 0.05) is 13.8 Å². The van der Waals surface area contributed by atoms with Crippen LogP contribution in [0, 0.1) is 40.4 Å². The largest absolute Gasteiger partial charge is 0.463 e. The molecule has 0 spiro atoms. The third-order valence-corrected chi connectivity index (χ3v) is 12.0. The lowest BCUT2D eigenvalue weighted by atomic mass is 9.47. The van der Waals surface area contributed by atoms with E-state index in [0.717, 1.165) is 48.9 Å². The lowest BCUT2D eigenvalue weighted by Crippen LogP contribution is -2.51. The van der Waals surface area contributed by atoms with Gasteiger partial charge in [-0.15, -0.1) is 0 Å². The minimum Gasteiger partial charge on any atom is -0.463 e. The van der Waals surface area contributed by atoms with E-state index < -0.39 is 30.4 Å². The maximum atomic E-state index is 11.6. The van der Waals surface area contributed by atoms with E-state index in [4.69, 9.17) is 18.9 Å². The standard InChI is InChI=1S/C37H56O6/c1-23(2)9-8-10-24(3)30-13-14-31-29-12-11-27-21-28(17-19-36(27,6)32(29)18-20-37(30,31)7)42-35-16-15-33(41-26(5)39)34(43-35)22-40-25(4)38/h10-11,15-16,23,28-35H,8-9,12-14,17-22H2,1-7H3/b24-10+/t28-,29?,30+,31?,32?,33-,34+,35?,36-,37+/m0/s1. The fourth-order valence-electron chi connectivity index (χ4n) is 9.80. The van der Waals surface area contributed by atoms with Gasteiger partial charge in [-0.05, 0) is 124 Å². The second-order valence-electron chi connectivity index (χ2n) is 15.2. The summed E-state index contributed by atoms with van der Waals surface area (Å²) in [5.74, 6) is 3.11. The van der Waals surface area contributed by atoms with Crippen LogP contribution in [0.2, 0.25) is 0 Å². The fourth-order valence-corrected chi connectivity index (χ4v) is 9.80. The molecule has 0 saturated heterocycles. The second-order valence-corrected chi connectivity index (χ2v) is 15.2. The summed E-state index contributed by atoms with van der Waals surface area (Å²) in [6.45, 7) is 15.0. The molecular formula is C37H56O6. The molecule has 0 aromatic rings. The Kier molecular flexibility index (Phi) is 9.97. The van der Waals surface area contributed by atoms with E-state index in [1.165, 1.54) is 58.8 Å². The third kappa shape index (κ3) is 6.85. The van der Waals surface area contributed by atoms with Gasteiger partial charge in [0.25, 0.3) is 0 Å². The summed E-state index contributed by atoms with van der Waals surface area (Å²) in [6, 6.07) is 0. The maximum absolute atomic E-state index is 11.6. The fraction of sp³-hybridized carbons (Fsp3) is 0.784. The summed E-state index contributed by atoms with van der Waals surface area (Å²) in [7, 11) is 0. The lowest BCUT2D eigenvalue weighted by Gasteiger charge is -2.58. The minimum absolute atomic E-state index is 0.0165. The van der Waals surface area contributed by atoms with Crippen molar-refractivity contribution < 1.29 is 28.5 Å². The van der Waals surface area contributed by atoms with Gasteiger partial charge in [0.15, 0.2) is 6.29 Å². The van der Waals surface area contributed by atoms with Crippen LogP contribution in [-0.4, -0.2) is 43.1 Å². The van der Waals surface area contributed by atoms with Crippen LogP contribution in [0.1, 0.15) is 113 Å². The first-order valence-electron chi connectivity index (χ1n) is 17.1. The molecule has 10 atom stereocenters. The zero-order valence-electron chi connectivity index (χ0n) is 27.7. The highest BCUT2D eigenvalue weighted by Gasteiger charge is 2.58. The van der Waals surface area contributed by atoms with E-state index in [9.17, 15) is 9.59 Å². The van der Waals surface area contributed by atoms with Crippen molar-refractivity contribution in [3.05, 3.63) is 35.5 Å². The maximum Gasteiger partial charge on any atom is 0.303 e. The Bertz CT molecular complexity index is 1120. The first-order valence-corrected chi connectivity index (χ1v) is 17.1. The molecule has 0 aromatic carbocycles. The highest BCUT2D eigenvalue weighted by Crippen LogP contribution is 2.67. The van der Waals surface area contributed by atoms with Crippen LogP contribution in [0.25, 0.3) is 0 Å². The van der Waals surface area contributed by atoms with Gasteiger partial charge in [-0.2, -0.15) is 0 Å². The molecule has 0 aromatic heterocycles. The van der Waals surface area contributed by atoms with Crippen molar-refractivity contribution in [2.24, 2.45) is 40.4 Å². The van der Waals surface area contributed by atoms with Gasteiger partial charge in [-0.1, -0.05) is 51.0 Å². The Balaban J connectivity index is 1.23. The number of hydrogen-bond acceptors (Lipinski definition) is 6. The van der Waals surface area contributed by atoms with E-state index >= 15 is 0 Å². The molecule has 240 valence electrons. The molecule has 6 nitrogen and oxygen atoms in total. The molecule has 0 bridgehead atoms. The molecule has 4 aliphatic carbocycles. The Morgan fingerprint density at radius 1 is 1.02 bits per heavy atom. The first kappa shape index (κ1) is 32.5. The molecule has 1 heterocycles. The summed E-state index contributed by atoms with van der Waals surface area (Å²) < 4.78 is 23.2. The Morgan fingerprint density at radius 3 is 2.53 bits per heavy atom. The smallest absolute Gasteiger partial charge is 0.303 e. The van der Waals surface area contributed by atoms with Crippen LogP contribution in [-0.2, 0) is 28.5 Å². The number of hydrogen-bond donors (Lipinski definition) is 0. The van der Waals surface area contributed by atoms with Crippen LogP contribution in [0.3, 0.4) is 0 Å². The van der Waals surface area contributed by atoms with E-state index in [2.05, 4.69) is 46.8 Å². The number of carbonyl (C=O) groups excluding carboxylic acids is 2. The first-order chi connectivity index (χ1) is 20.4. The van der Waals surface area contributed by atoms with E-state index in [-0.39, 0.29) is 18.1 Å². The lowest BCUT2D eigenvalue weighted by molar-refractivity contribution is -0.213. The molecule has 5 aliphatic rings. The molecule has 0 N–H and O–H groups in total. The molecule has 0 radical (unpaired) electrons. The van der Waals surface area contributed by atoms with Gasteiger partial charge in [0.1, 0.15) is 18.8 Å². The predicted molar refractivity (Wildman–Crippen MR) is 168 cm³/mol. The average molecular weight is 597 g/mol. The number of fused-ring (bicyclic) bond motifs is 5. The molecule has 4 unspecified atom stereocenters. The third-order valence-electron chi connectivity index (χ3n) is 12.0. The SMILES string of the molecule is CC(=O)OC[C@H]1OC(O[C@H]2CC[C@@]3(C)C(=CCC4C3CC[C@@]3(C)C4CC[C@@H]3/C(C)=C/CCC(C)C)C2)C=C[C@@H]1OC(C)=O. The van der Waals surface area contributed by atoms with E-state index in [0.29, 0.717) is 5.41 Å². The van der Waals surface area contributed by atoms with E-state index in [1.54, 1.807) is 17.2 Å². The van der Waals surface area contributed by atoms with Gasteiger partial charge in [-0.25, -0.2) is 0 Å². The monoisotopic (exact) mass is 596 g/mol. The van der Waals surface area contributed by atoms with Gasteiger partial charge in [-0.3, -0.25) is 9.59 Å². The quantitative estimate of drug-likeness (QED) is 0.198. The molecule has 6 heteroatoms. The van der Waals surface area contributed by atoms with Crippen molar-refractivity contribution in [1.29, 1.82) is 0 Å². The van der Waals surface area contributed by atoms with Crippen molar-refractivity contribution in [3.63, 3.8) is 0 Å². The Labute approximate surface area is 260 Å². The topological polar surface area (TPSA) is 71.1 Å². The Morgan fingerprint density at radius 2 is 1.81 bits per heavy atom. The van der Waals surface area contributed by atoms with Gasteiger partial charge < -0.3 is 18.9 Å². The number of carbonyl (C=O) groups is 2.